The van der Waals surface area contributed by atoms with Crippen LogP contribution in [-0.4, -0.2) is 34.6 Å². The molecule has 0 amide bonds. The van der Waals surface area contributed by atoms with Gasteiger partial charge >= 0.3 is 11.9 Å². The third kappa shape index (κ3) is 3.68. The average Bonchev–Trinajstić information content (AvgIpc) is 3.02. The van der Waals surface area contributed by atoms with Gasteiger partial charge < -0.3 is 9.47 Å². The Hall–Kier alpha value is -3.74. The minimum Gasteiger partial charge on any atom is -0.465 e. The van der Waals surface area contributed by atoms with Crippen molar-refractivity contribution >= 4 is 17.7 Å². The second-order valence-corrected chi connectivity index (χ2v) is 6.03. The number of hydrogen-bond donors (Lipinski definition) is 0. The summed E-state index contributed by atoms with van der Waals surface area (Å²) in [6, 6.07) is 15.0. The van der Waals surface area contributed by atoms with E-state index in [0.29, 0.717) is 17.0 Å². The van der Waals surface area contributed by atoms with Crippen LogP contribution in [0.2, 0.25) is 0 Å². The van der Waals surface area contributed by atoms with Gasteiger partial charge in [0.2, 0.25) is 0 Å². The molecule has 0 saturated heterocycles. The van der Waals surface area contributed by atoms with Crippen LogP contribution in [0.3, 0.4) is 0 Å². The van der Waals surface area contributed by atoms with E-state index in [4.69, 9.17) is 4.74 Å². The molecule has 0 bridgehead atoms. The monoisotopic (exact) mass is 378 g/mol. The van der Waals surface area contributed by atoms with Gasteiger partial charge in [0, 0.05) is 0 Å². The molecule has 0 aliphatic rings. The lowest BCUT2D eigenvalue weighted by Crippen LogP contribution is -2.22. The lowest BCUT2D eigenvalue weighted by atomic mass is 10.1. The van der Waals surface area contributed by atoms with Crippen molar-refractivity contribution < 1.29 is 23.9 Å². The van der Waals surface area contributed by atoms with Gasteiger partial charge in [-0.25, -0.2) is 14.3 Å². The van der Waals surface area contributed by atoms with Crippen LogP contribution in [0.4, 0.5) is 0 Å². The topological polar surface area (TPSA) is 87.5 Å². The summed E-state index contributed by atoms with van der Waals surface area (Å²) >= 11 is 0. The highest BCUT2D eigenvalue weighted by atomic mass is 16.5. The van der Waals surface area contributed by atoms with Crippen LogP contribution in [0.1, 0.15) is 32.1 Å². The lowest BCUT2D eigenvalue weighted by molar-refractivity contribution is -0.129. The molecule has 0 unspecified atom stereocenters. The van der Waals surface area contributed by atoms with E-state index in [1.54, 1.807) is 18.5 Å². The normalized spacial score (nSPS) is 10.4. The van der Waals surface area contributed by atoms with Crippen molar-refractivity contribution in [2.75, 3.05) is 7.11 Å². The number of hydrogen-bond acceptors (Lipinski definition) is 6. The first-order chi connectivity index (χ1) is 13.4. The van der Waals surface area contributed by atoms with Gasteiger partial charge in [-0.05, 0) is 50.2 Å². The van der Waals surface area contributed by atoms with Gasteiger partial charge in [-0.3, -0.25) is 4.79 Å². The third-order valence-electron chi connectivity index (χ3n) is 4.19. The molecule has 0 aliphatic carbocycles. The van der Waals surface area contributed by atoms with Crippen LogP contribution < -0.4 is 4.74 Å². The number of esters is 2. The molecule has 1 heterocycles. The maximum absolute atomic E-state index is 12.7. The second kappa shape index (κ2) is 7.87. The quantitative estimate of drug-likeness (QED) is 0.293. The van der Waals surface area contributed by atoms with Crippen molar-refractivity contribution in [1.82, 2.24) is 9.78 Å². The Morgan fingerprint density at radius 1 is 0.929 bits per heavy atom. The number of nitrogens with zero attached hydrogens (tertiary/aromatic N) is 2. The maximum Gasteiger partial charge on any atom is 0.385 e. The first-order valence-corrected chi connectivity index (χ1v) is 8.49. The fourth-order valence-electron chi connectivity index (χ4n) is 2.82. The zero-order valence-electron chi connectivity index (χ0n) is 15.6. The number of methoxy groups -OCH3 is 1. The number of Topliss-reactive ketones (excluding diaryl/α,β-unsaturated/α-hetero) is 1. The van der Waals surface area contributed by atoms with Crippen molar-refractivity contribution in [3.05, 3.63) is 77.1 Å². The van der Waals surface area contributed by atoms with Crippen LogP contribution in [0.5, 0.6) is 5.75 Å². The Kier molecular flexibility index (Phi) is 5.35. The lowest BCUT2D eigenvalue weighted by Gasteiger charge is -2.06. The molecule has 3 rings (SSSR count). The predicted molar refractivity (Wildman–Crippen MR) is 101 cm³/mol. The molecule has 0 radical (unpaired) electrons. The van der Waals surface area contributed by atoms with E-state index in [-0.39, 0.29) is 11.3 Å². The molecule has 7 heteroatoms. The van der Waals surface area contributed by atoms with E-state index < -0.39 is 17.7 Å². The number of rotatable bonds is 5. The van der Waals surface area contributed by atoms with Gasteiger partial charge in [-0.2, -0.15) is 5.10 Å². The van der Waals surface area contributed by atoms with Gasteiger partial charge in [0.25, 0.3) is 5.78 Å². The highest BCUT2D eigenvalue weighted by Crippen LogP contribution is 2.20. The minimum atomic E-state index is -1.02. The third-order valence-corrected chi connectivity index (χ3v) is 4.19. The molecule has 0 aliphatic heterocycles. The summed E-state index contributed by atoms with van der Waals surface area (Å²) in [7, 11) is 1.27. The number of carbonyl (C=O) groups excluding carboxylic acids is 3. The maximum atomic E-state index is 12.7. The summed E-state index contributed by atoms with van der Waals surface area (Å²) in [5, 5.41) is 4.37. The molecule has 2 aromatic carbocycles. The molecular weight excluding hydrogens is 360 g/mol. The first-order valence-electron chi connectivity index (χ1n) is 8.49. The summed E-state index contributed by atoms with van der Waals surface area (Å²) in [6.07, 6.45) is 0. The highest BCUT2D eigenvalue weighted by molar-refractivity contribution is 6.41. The number of aryl methyl sites for hydroxylation is 1. The van der Waals surface area contributed by atoms with Crippen molar-refractivity contribution in [3.63, 3.8) is 0 Å². The van der Waals surface area contributed by atoms with Crippen molar-refractivity contribution in [1.29, 1.82) is 0 Å². The SMILES string of the molecule is COC(=O)c1ccc(OC(=O)C(=O)c2c(C)nn(-c3ccccc3)c2C)cc1. The van der Waals surface area contributed by atoms with E-state index in [1.807, 2.05) is 30.3 Å². The van der Waals surface area contributed by atoms with Gasteiger partial charge in [0.15, 0.2) is 0 Å². The van der Waals surface area contributed by atoms with Gasteiger partial charge in [0.05, 0.1) is 35.3 Å². The molecular formula is C21H18N2O5. The highest BCUT2D eigenvalue weighted by Gasteiger charge is 2.26. The molecule has 142 valence electrons. The van der Waals surface area contributed by atoms with Crippen LogP contribution >= 0.6 is 0 Å². The average molecular weight is 378 g/mol. The van der Waals surface area contributed by atoms with Crippen LogP contribution in [0.25, 0.3) is 5.69 Å². The summed E-state index contributed by atoms with van der Waals surface area (Å²) in [5.74, 6) is -2.16. The number of carbonyl (C=O) groups is 3. The van der Waals surface area contributed by atoms with Crippen molar-refractivity contribution in [2.45, 2.75) is 13.8 Å². The van der Waals surface area contributed by atoms with Crippen molar-refractivity contribution in [3.8, 4) is 11.4 Å². The summed E-state index contributed by atoms with van der Waals surface area (Å²) in [5.41, 5.74) is 2.29. The van der Waals surface area contributed by atoms with E-state index in [0.717, 1.165) is 5.69 Å². The fourth-order valence-corrected chi connectivity index (χ4v) is 2.82. The van der Waals surface area contributed by atoms with Crippen LogP contribution in [0, 0.1) is 13.8 Å². The molecule has 0 saturated carbocycles. The van der Waals surface area contributed by atoms with E-state index in [1.165, 1.54) is 31.4 Å². The number of benzene rings is 2. The number of ketones is 1. The Labute approximate surface area is 161 Å². The predicted octanol–water partition coefficient (Wildman–Crippen LogP) is 3.06. The number of para-hydroxylation sites is 1. The molecule has 7 nitrogen and oxygen atoms in total. The van der Waals surface area contributed by atoms with Crippen molar-refractivity contribution in [2.24, 2.45) is 0 Å². The second-order valence-electron chi connectivity index (χ2n) is 6.03. The van der Waals surface area contributed by atoms with Gasteiger partial charge in [-0.15, -0.1) is 0 Å². The van der Waals surface area contributed by atoms with Crippen LogP contribution in [0.15, 0.2) is 54.6 Å². The Morgan fingerprint density at radius 2 is 1.57 bits per heavy atom. The van der Waals surface area contributed by atoms with E-state index in [2.05, 4.69) is 9.84 Å². The van der Waals surface area contributed by atoms with Gasteiger partial charge in [-0.1, -0.05) is 18.2 Å². The Bertz CT molecular complexity index is 1040. The molecule has 28 heavy (non-hydrogen) atoms. The minimum absolute atomic E-state index is 0.150. The molecule has 0 spiro atoms. The smallest absolute Gasteiger partial charge is 0.385 e. The summed E-state index contributed by atoms with van der Waals surface area (Å²) in [4.78, 5) is 36.4. The first kappa shape index (κ1) is 19.0. The number of aromatic nitrogens is 2. The Morgan fingerprint density at radius 3 is 2.18 bits per heavy atom. The molecule has 0 atom stereocenters. The summed E-state index contributed by atoms with van der Waals surface area (Å²) < 4.78 is 11.4. The van der Waals surface area contributed by atoms with Gasteiger partial charge in [0.1, 0.15) is 5.75 Å². The zero-order chi connectivity index (χ0) is 20.3. The fraction of sp³-hybridized carbons (Fsp3) is 0.143. The standard InChI is InChI=1S/C21H18N2O5/c1-13-18(14(2)23(22-13)16-7-5-4-6-8-16)19(24)21(26)28-17-11-9-15(10-12-17)20(25)27-3/h4-12H,1-3H3. The zero-order valence-corrected chi connectivity index (χ0v) is 15.6. The molecule has 3 aromatic rings. The molecule has 0 fully saturated rings. The number of ether oxygens (including phenoxy) is 2. The largest absolute Gasteiger partial charge is 0.465 e. The van der Waals surface area contributed by atoms with Crippen LogP contribution in [-0.2, 0) is 9.53 Å². The summed E-state index contributed by atoms with van der Waals surface area (Å²) in [6.45, 7) is 3.39. The Balaban J connectivity index is 1.81. The molecule has 0 N–H and O–H groups in total. The van der Waals surface area contributed by atoms with E-state index in [9.17, 15) is 14.4 Å². The molecule has 1 aromatic heterocycles. The van der Waals surface area contributed by atoms with E-state index >= 15 is 0 Å².